The van der Waals surface area contributed by atoms with Crippen LogP contribution in [0.5, 0.6) is 5.75 Å². The quantitative estimate of drug-likeness (QED) is 0.555. The Balaban J connectivity index is 1.87. The van der Waals surface area contributed by atoms with Gasteiger partial charge in [-0.05, 0) is 48.0 Å². The number of nitrogens with two attached hydrogens (primary N) is 1. The lowest BCUT2D eigenvalue weighted by atomic mass is 10.2. The van der Waals surface area contributed by atoms with Gasteiger partial charge in [-0.25, -0.2) is 0 Å². The highest BCUT2D eigenvalue weighted by atomic mass is 32.1. The minimum atomic E-state index is 0.0414. The Morgan fingerprint density at radius 2 is 2.15 bits per heavy atom. The summed E-state index contributed by atoms with van der Waals surface area (Å²) in [5.41, 5.74) is 5.52. The van der Waals surface area contributed by atoms with E-state index in [2.05, 4.69) is 11.4 Å². The topological polar surface area (TPSA) is 59.1 Å². The number of benzene rings is 1. The summed E-state index contributed by atoms with van der Waals surface area (Å²) in [6.07, 6.45) is 0.0414. The lowest BCUT2D eigenvalue weighted by Gasteiger charge is -2.13. The Hall–Kier alpha value is -1.85. The maximum Gasteiger partial charge on any atom is 0.133 e. The number of amidine groups is 1. The van der Waals surface area contributed by atoms with E-state index < -0.39 is 0 Å². The molecular formula is C15H14N2OS2. The SMILES string of the molecule is CC(Oc1ccc2cc(C(=N)N)sc2c1)c1cccs1. The van der Waals surface area contributed by atoms with Crippen LogP contribution in [-0.4, -0.2) is 5.84 Å². The van der Waals surface area contributed by atoms with Gasteiger partial charge in [-0.15, -0.1) is 22.7 Å². The molecule has 0 saturated carbocycles. The highest BCUT2D eigenvalue weighted by molar-refractivity contribution is 7.20. The van der Waals surface area contributed by atoms with E-state index >= 15 is 0 Å². The molecule has 0 aliphatic rings. The molecule has 20 heavy (non-hydrogen) atoms. The Labute approximate surface area is 125 Å². The first-order valence-electron chi connectivity index (χ1n) is 6.21. The Morgan fingerprint density at radius 1 is 1.30 bits per heavy atom. The van der Waals surface area contributed by atoms with E-state index in [0.717, 1.165) is 20.7 Å². The van der Waals surface area contributed by atoms with Crippen molar-refractivity contribution in [1.82, 2.24) is 0 Å². The van der Waals surface area contributed by atoms with Gasteiger partial charge in [-0.3, -0.25) is 5.41 Å². The summed E-state index contributed by atoms with van der Waals surface area (Å²) in [5, 5.41) is 10.6. The molecule has 0 spiro atoms. The Morgan fingerprint density at radius 3 is 2.85 bits per heavy atom. The second kappa shape index (κ2) is 5.26. The minimum Gasteiger partial charge on any atom is -0.485 e. The molecule has 2 heterocycles. The summed E-state index contributed by atoms with van der Waals surface area (Å²) in [7, 11) is 0. The number of hydrogen-bond acceptors (Lipinski definition) is 4. The van der Waals surface area contributed by atoms with Gasteiger partial charge in [-0.2, -0.15) is 0 Å². The molecule has 1 unspecified atom stereocenters. The van der Waals surface area contributed by atoms with E-state index in [9.17, 15) is 0 Å². The van der Waals surface area contributed by atoms with Crippen molar-refractivity contribution in [2.45, 2.75) is 13.0 Å². The fourth-order valence-corrected chi connectivity index (χ4v) is 3.67. The molecule has 0 aliphatic carbocycles. The average molecular weight is 302 g/mol. The molecule has 0 radical (unpaired) electrons. The third kappa shape index (κ3) is 2.55. The molecule has 2 aromatic heterocycles. The van der Waals surface area contributed by atoms with E-state index in [-0.39, 0.29) is 11.9 Å². The van der Waals surface area contributed by atoms with Gasteiger partial charge in [0.05, 0.1) is 4.88 Å². The molecule has 0 amide bonds. The highest BCUT2D eigenvalue weighted by Gasteiger charge is 2.10. The van der Waals surface area contributed by atoms with Crippen LogP contribution in [0.2, 0.25) is 0 Å². The number of hydrogen-bond donors (Lipinski definition) is 2. The van der Waals surface area contributed by atoms with Crippen LogP contribution in [0.15, 0.2) is 41.8 Å². The summed E-state index contributed by atoms with van der Waals surface area (Å²) in [4.78, 5) is 2.00. The molecule has 0 fully saturated rings. The zero-order valence-corrected chi connectivity index (χ0v) is 12.6. The van der Waals surface area contributed by atoms with Crippen LogP contribution in [0, 0.1) is 5.41 Å². The van der Waals surface area contributed by atoms with Gasteiger partial charge in [0.15, 0.2) is 0 Å². The van der Waals surface area contributed by atoms with Crippen LogP contribution in [0.3, 0.4) is 0 Å². The monoisotopic (exact) mass is 302 g/mol. The smallest absolute Gasteiger partial charge is 0.133 e. The minimum absolute atomic E-state index is 0.0414. The van der Waals surface area contributed by atoms with E-state index in [0.29, 0.717) is 0 Å². The van der Waals surface area contributed by atoms with Gasteiger partial charge in [0.2, 0.25) is 0 Å². The Kier molecular flexibility index (Phi) is 3.46. The highest BCUT2D eigenvalue weighted by Crippen LogP contribution is 2.31. The van der Waals surface area contributed by atoms with E-state index in [4.69, 9.17) is 15.9 Å². The zero-order chi connectivity index (χ0) is 14.1. The summed E-state index contributed by atoms with van der Waals surface area (Å²) in [6, 6.07) is 12.0. The molecule has 3 N–H and O–H groups in total. The predicted molar refractivity (Wildman–Crippen MR) is 86.2 cm³/mol. The van der Waals surface area contributed by atoms with Crippen molar-refractivity contribution in [2.75, 3.05) is 0 Å². The van der Waals surface area contributed by atoms with Crippen molar-refractivity contribution in [1.29, 1.82) is 5.41 Å². The number of fused-ring (bicyclic) bond motifs is 1. The third-order valence-corrected chi connectivity index (χ3v) is 5.18. The fraction of sp³-hybridized carbons (Fsp3) is 0.133. The van der Waals surface area contributed by atoms with E-state index in [1.807, 2.05) is 37.3 Å². The van der Waals surface area contributed by atoms with E-state index in [1.165, 1.54) is 16.2 Å². The maximum atomic E-state index is 7.49. The summed E-state index contributed by atoms with van der Waals surface area (Å²) >= 11 is 3.21. The first-order chi connectivity index (χ1) is 9.63. The second-order valence-electron chi connectivity index (χ2n) is 4.50. The molecule has 0 aliphatic heterocycles. The second-order valence-corrected chi connectivity index (χ2v) is 6.56. The van der Waals surface area contributed by atoms with Gasteiger partial charge in [0.1, 0.15) is 17.7 Å². The normalized spacial score (nSPS) is 12.4. The number of rotatable bonds is 4. The largest absolute Gasteiger partial charge is 0.485 e. The van der Waals surface area contributed by atoms with Gasteiger partial charge >= 0.3 is 0 Å². The third-order valence-electron chi connectivity index (χ3n) is 3.01. The van der Waals surface area contributed by atoms with Crippen LogP contribution in [0.25, 0.3) is 10.1 Å². The van der Waals surface area contributed by atoms with Crippen LogP contribution in [0.4, 0.5) is 0 Å². The van der Waals surface area contributed by atoms with Crippen LogP contribution in [-0.2, 0) is 0 Å². The number of nitrogen functional groups attached to an aromatic ring is 1. The maximum absolute atomic E-state index is 7.49. The van der Waals surface area contributed by atoms with Crippen LogP contribution < -0.4 is 10.5 Å². The summed E-state index contributed by atoms with van der Waals surface area (Å²) < 4.78 is 7.06. The first kappa shape index (κ1) is 13.1. The molecule has 102 valence electrons. The van der Waals surface area contributed by atoms with Gasteiger partial charge < -0.3 is 10.5 Å². The standard InChI is InChI=1S/C15H14N2OS2/c1-9(12-3-2-6-19-12)18-11-5-4-10-7-14(15(16)17)20-13(10)8-11/h2-9H,1H3,(H3,16,17). The summed E-state index contributed by atoms with van der Waals surface area (Å²) in [6.45, 7) is 2.05. The molecule has 0 bridgehead atoms. The van der Waals surface area contributed by atoms with Gasteiger partial charge in [-0.1, -0.05) is 6.07 Å². The fourth-order valence-electron chi connectivity index (χ4n) is 2.00. The number of thiophene rings is 2. The molecule has 0 saturated heterocycles. The zero-order valence-electron chi connectivity index (χ0n) is 10.9. The van der Waals surface area contributed by atoms with E-state index in [1.54, 1.807) is 11.3 Å². The Bertz CT molecular complexity index is 746. The number of ether oxygens (including phenoxy) is 1. The predicted octanol–water partition coefficient (Wildman–Crippen LogP) is 4.39. The lowest BCUT2D eigenvalue weighted by molar-refractivity contribution is 0.231. The van der Waals surface area contributed by atoms with Crippen molar-refractivity contribution in [2.24, 2.45) is 5.73 Å². The van der Waals surface area contributed by atoms with Crippen molar-refractivity contribution in [3.05, 3.63) is 51.5 Å². The molecule has 1 aromatic carbocycles. The van der Waals surface area contributed by atoms with Crippen LogP contribution in [0.1, 0.15) is 22.8 Å². The molecule has 3 nitrogen and oxygen atoms in total. The first-order valence-corrected chi connectivity index (χ1v) is 7.91. The van der Waals surface area contributed by atoms with Crippen LogP contribution >= 0.6 is 22.7 Å². The molecular weight excluding hydrogens is 288 g/mol. The summed E-state index contributed by atoms with van der Waals surface area (Å²) in [5.74, 6) is 0.955. The van der Waals surface area contributed by atoms with Crippen molar-refractivity contribution in [3.8, 4) is 5.75 Å². The van der Waals surface area contributed by atoms with Gasteiger partial charge in [0, 0.05) is 9.58 Å². The van der Waals surface area contributed by atoms with Gasteiger partial charge in [0.25, 0.3) is 0 Å². The van der Waals surface area contributed by atoms with Crippen molar-refractivity contribution < 1.29 is 4.74 Å². The molecule has 3 aromatic rings. The average Bonchev–Trinajstić information content (AvgIpc) is 3.07. The lowest BCUT2D eigenvalue weighted by Crippen LogP contribution is -2.08. The molecule has 1 atom stereocenters. The van der Waals surface area contributed by atoms with Crippen molar-refractivity contribution in [3.63, 3.8) is 0 Å². The number of nitrogens with one attached hydrogen (secondary N) is 1. The molecule has 3 rings (SSSR count). The molecule has 5 heteroatoms. The van der Waals surface area contributed by atoms with Crippen molar-refractivity contribution >= 4 is 38.6 Å².